The summed E-state index contributed by atoms with van der Waals surface area (Å²) in [6.07, 6.45) is 8.35. The Morgan fingerprint density at radius 3 is 2.50 bits per heavy atom. The maximum absolute atomic E-state index is 13.2. The van der Waals surface area contributed by atoms with Crippen LogP contribution < -0.4 is 26.4 Å². The second-order valence-electron chi connectivity index (χ2n) is 12.7. The molecule has 3 amide bonds. The van der Waals surface area contributed by atoms with Crippen LogP contribution in [0.25, 0.3) is 11.2 Å². The lowest BCUT2D eigenvalue weighted by atomic mass is 9.80. The molecule has 0 radical (unpaired) electrons. The smallest absolute Gasteiger partial charge is 0.333 e. The number of imidazole rings is 1. The minimum Gasteiger partial charge on any atom is -0.377 e. The van der Waals surface area contributed by atoms with E-state index in [4.69, 9.17) is 14.7 Å². The summed E-state index contributed by atoms with van der Waals surface area (Å²) in [7, 11) is 1.48. The van der Waals surface area contributed by atoms with Gasteiger partial charge in [0.05, 0.1) is 19.3 Å². The highest BCUT2D eigenvalue weighted by atomic mass is 16.5. The molecule has 2 aromatic heterocycles. The van der Waals surface area contributed by atoms with E-state index in [1.165, 1.54) is 57.6 Å². The fraction of sp³-hybridized carbons (Fsp3) is 0.594. The topological polar surface area (TPSA) is 138 Å². The van der Waals surface area contributed by atoms with Crippen LogP contribution in [0, 0.1) is 17.8 Å². The summed E-state index contributed by atoms with van der Waals surface area (Å²) < 4.78 is 8.28. The fourth-order valence-corrected chi connectivity index (χ4v) is 6.69. The third-order valence-corrected chi connectivity index (χ3v) is 9.67. The molecule has 2 atom stereocenters. The van der Waals surface area contributed by atoms with Gasteiger partial charge in [-0.05, 0) is 55.9 Å². The number of anilines is 2. The third kappa shape index (κ3) is 6.45. The van der Waals surface area contributed by atoms with Gasteiger partial charge in [-0.3, -0.25) is 10.2 Å². The Labute approximate surface area is 258 Å². The van der Waals surface area contributed by atoms with Crippen LogP contribution in [0.15, 0.2) is 30.3 Å². The highest BCUT2D eigenvalue weighted by molar-refractivity contribution is 5.96. The first-order valence-electron chi connectivity index (χ1n) is 16.1. The van der Waals surface area contributed by atoms with Gasteiger partial charge >= 0.3 is 11.9 Å². The minimum atomic E-state index is -0.610. The molecule has 6 rings (SSSR count). The van der Waals surface area contributed by atoms with Gasteiger partial charge in [0.1, 0.15) is 5.52 Å². The van der Waals surface area contributed by atoms with Crippen molar-refractivity contribution in [2.45, 2.75) is 77.4 Å². The summed E-state index contributed by atoms with van der Waals surface area (Å²) >= 11 is 0. The van der Waals surface area contributed by atoms with E-state index in [1.807, 2.05) is 6.07 Å². The maximum atomic E-state index is 13.2. The zero-order valence-corrected chi connectivity index (χ0v) is 26.0. The van der Waals surface area contributed by atoms with Crippen LogP contribution in [-0.2, 0) is 11.3 Å². The van der Waals surface area contributed by atoms with Crippen molar-refractivity contribution < 1.29 is 14.3 Å². The lowest BCUT2D eigenvalue weighted by molar-refractivity contribution is 0.0925. The summed E-state index contributed by atoms with van der Waals surface area (Å²) in [6, 6.07) is 10.0. The zero-order chi connectivity index (χ0) is 30.6. The van der Waals surface area contributed by atoms with E-state index in [-0.39, 0.29) is 17.9 Å². The molecule has 3 aromatic rings. The second-order valence-corrected chi connectivity index (χ2v) is 12.7. The third-order valence-electron chi connectivity index (χ3n) is 9.67. The van der Waals surface area contributed by atoms with Gasteiger partial charge in [-0.25, -0.2) is 20.2 Å². The molecule has 12 heteroatoms. The highest BCUT2D eigenvalue weighted by Crippen LogP contribution is 2.38. The standard InChI is InChI=1S/C32H45N9O3/c1-20-12-14-22(15-13-20)18-41-26-27(34-21(2)23-10-7-11-23)35-29(30(42)38-39-31(43)33-3)36-28(26)37-32(41)40-16-17-44-19-25(40)24-8-5-4-6-9-24/h4-6,8-9,20-23,25H,7,10-19H2,1-3H3,(H,38,42)(H2,33,39,43)(H,34,35,36)/t20-,21-,22-,25+/m1/s1. The van der Waals surface area contributed by atoms with E-state index in [1.54, 1.807) is 0 Å². The molecule has 3 aliphatic rings. The summed E-state index contributed by atoms with van der Waals surface area (Å²) in [4.78, 5) is 41.8. The van der Waals surface area contributed by atoms with Gasteiger partial charge in [0.15, 0.2) is 11.5 Å². The lowest BCUT2D eigenvalue weighted by Crippen LogP contribution is -2.46. The first-order valence-corrected chi connectivity index (χ1v) is 16.1. The molecule has 1 saturated heterocycles. The average Bonchev–Trinajstić information content (AvgIpc) is 3.38. The Kier molecular flexibility index (Phi) is 9.15. The molecule has 12 nitrogen and oxygen atoms in total. The normalized spacial score (nSPS) is 23.1. The van der Waals surface area contributed by atoms with Gasteiger partial charge in [-0.2, -0.15) is 4.98 Å². The van der Waals surface area contributed by atoms with E-state index in [9.17, 15) is 9.59 Å². The molecular formula is C32H45N9O3. The number of benzene rings is 1. The van der Waals surface area contributed by atoms with Gasteiger partial charge in [0, 0.05) is 26.2 Å². The molecule has 44 heavy (non-hydrogen) atoms. The van der Waals surface area contributed by atoms with Gasteiger partial charge in [0.25, 0.3) is 0 Å². The van der Waals surface area contributed by atoms with E-state index < -0.39 is 11.9 Å². The first-order chi connectivity index (χ1) is 21.4. The number of nitrogens with one attached hydrogen (secondary N) is 4. The molecule has 3 heterocycles. The van der Waals surface area contributed by atoms with Gasteiger partial charge in [0.2, 0.25) is 11.8 Å². The zero-order valence-electron chi connectivity index (χ0n) is 26.0. The van der Waals surface area contributed by atoms with Gasteiger partial charge in [-0.1, -0.05) is 56.5 Å². The lowest BCUT2D eigenvalue weighted by Gasteiger charge is -2.37. The number of aromatic nitrogens is 4. The number of hydrogen-bond donors (Lipinski definition) is 4. The predicted octanol–water partition coefficient (Wildman–Crippen LogP) is 4.40. The molecule has 2 saturated carbocycles. The highest BCUT2D eigenvalue weighted by Gasteiger charge is 2.33. The number of nitrogens with zero attached hydrogens (tertiary/aromatic N) is 5. The number of ether oxygens (including phenoxy) is 1. The molecule has 3 fully saturated rings. The predicted molar refractivity (Wildman–Crippen MR) is 169 cm³/mol. The largest absolute Gasteiger partial charge is 0.377 e. The monoisotopic (exact) mass is 603 g/mol. The van der Waals surface area contributed by atoms with Crippen LogP contribution in [0.3, 0.4) is 0 Å². The summed E-state index contributed by atoms with van der Waals surface area (Å²) in [5.74, 6) is 2.57. The molecular weight excluding hydrogens is 558 g/mol. The van der Waals surface area contributed by atoms with Crippen LogP contribution >= 0.6 is 0 Å². The number of fused-ring (bicyclic) bond motifs is 1. The van der Waals surface area contributed by atoms with Crippen molar-refractivity contribution in [3.8, 4) is 0 Å². The molecule has 0 spiro atoms. The van der Waals surface area contributed by atoms with Crippen LogP contribution in [0.4, 0.5) is 16.6 Å². The summed E-state index contributed by atoms with van der Waals surface area (Å²) in [5, 5.41) is 6.09. The molecule has 0 unspecified atom stereocenters. The van der Waals surface area contributed by atoms with Gasteiger partial charge in [-0.15, -0.1) is 0 Å². The number of hydrazine groups is 1. The second kappa shape index (κ2) is 13.4. The molecule has 236 valence electrons. The van der Waals surface area contributed by atoms with E-state index in [0.29, 0.717) is 43.1 Å². The average molecular weight is 604 g/mol. The SMILES string of the molecule is CNC(=O)NNC(=O)c1nc(N[C@H](C)C2CCC2)c2c(n1)nc(N1CCOC[C@H]1c1ccccc1)n2C[C@H]1CC[C@H](C)CC1. The number of morpholine rings is 1. The van der Waals surface area contributed by atoms with Crippen LogP contribution in [0.2, 0.25) is 0 Å². The van der Waals surface area contributed by atoms with Crippen molar-refractivity contribution in [2.24, 2.45) is 17.8 Å². The Morgan fingerprint density at radius 1 is 1.02 bits per heavy atom. The van der Waals surface area contributed by atoms with Crippen molar-refractivity contribution >= 4 is 34.9 Å². The first kappa shape index (κ1) is 30.1. The van der Waals surface area contributed by atoms with Crippen molar-refractivity contribution in [1.29, 1.82) is 0 Å². The Morgan fingerprint density at radius 2 is 1.80 bits per heavy atom. The molecule has 4 N–H and O–H groups in total. The molecule has 2 aliphatic carbocycles. The van der Waals surface area contributed by atoms with E-state index in [0.717, 1.165) is 23.9 Å². The number of carbonyl (C=O) groups is 2. The Balaban J connectivity index is 1.46. The number of carbonyl (C=O) groups excluding carboxylic acids is 2. The van der Waals surface area contributed by atoms with Crippen LogP contribution in [0.1, 0.15) is 81.0 Å². The quantitative estimate of drug-likeness (QED) is 0.278. The van der Waals surface area contributed by atoms with Crippen molar-refractivity contribution in [2.75, 3.05) is 37.0 Å². The van der Waals surface area contributed by atoms with Crippen LogP contribution in [0.5, 0.6) is 0 Å². The van der Waals surface area contributed by atoms with Crippen molar-refractivity contribution in [3.05, 3.63) is 41.7 Å². The fourth-order valence-electron chi connectivity index (χ4n) is 6.69. The summed E-state index contributed by atoms with van der Waals surface area (Å²) in [6.45, 7) is 7.17. The molecule has 1 aliphatic heterocycles. The van der Waals surface area contributed by atoms with Gasteiger partial charge < -0.3 is 24.8 Å². The number of amides is 3. The van der Waals surface area contributed by atoms with E-state index >= 15 is 0 Å². The summed E-state index contributed by atoms with van der Waals surface area (Å²) in [5.41, 5.74) is 7.18. The maximum Gasteiger partial charge on any atom is 0.333 e. The minimum absolute atomic E-state index is 0.00955. The number of urea groups is 1. The Bertz CT molecular complexity index is 1450. The van der Waals surface area contributed by atoms with Crippen molar-refractivity contribution in [1.82, 2.24) is 35.7 Å². The van der Waals surface area contributed by atoms with E-state index in [2.05, 4.69) is 74.0 Å². The van der Waals surface area contributed by atoms with Crippen LogP contribution in [-0.4, -0.2) is 64.3 Å². The number of rotatable bonds is 8. The number of hydrogen-bond acceptors (Lipinski definition) is 8. The Hall–Kier alpha value is -3.93. The molecule has 1 aromatic carbocycles. The van der Waals surface area contributed by atoms with Crippen molar-refractivity contribution in [3.63, 3.8) is 0 Å². The molecule has 0 bridgehead atoms.